The minimum absolute atomic E-state index is 0.0360. The molecular formula is C32H35F4N5O3. The number of halogens is 4. The predicted octanol–water partition coefficient (Wildman–Crippen LogP) is 5.57. The maximum absolute atomic E-state index is 13.6. The monoisotopic (exact) mass is 613 g/mol. The summed E-state index contributed by atoms with van der Waals surface area (Å²) in [6.07, 6.45) is -0.783. The van der Waals surface area contributed by atoms with Gasteiger partial charge in [0.25, 0.3) is 5.91 Å². The number of likely N-dealkylation sites (N-methyl/N-ethyl adjacent to an activating group) is 1. The molecule has 0 radical (unpaired) electrons. The summed E-state index contributed by atoms with van der Waals surface area (Å²) in [4.78, 5) is 27.1. The summed E-state index contributed by atoms with van der Waals surface area (Å²) < 4.78 is 65.8. The number of hydrogen-bond acceptors (Lipinski definition) is 7. The highest BCUT2D eigenvalue weighted by Crippen LogP contribution is 2.49. The van der Waals surface area contributed by atoms with E-state index in [2.05, 4.69) is 20.1 Å². The molecule has 2 atom stereocenters. The maximum atomic E-state index is 13.6. The van der Waals surface area contributed by atoms with E-state index in [0.717, 1.165) is 38.1 Å². The molecule has 3 aromatic rings. The molecule has 1 aliphatic carbocycles. The third kappa shape index (κ3) is 6.17. The molecule has 2 saturated heterocycles. The van der Waals surface area contributed by atoms with E-state index in [-0.39, 0.29) is 23.1 Å². The average molecular weight is 614 g/mol. The van der Waals surface area contributed by atoms with Crippen molar-refractivity contribution >= 4 is 11.6 Å². The molecule has 44 heavy (non-hydrogen) atoms. The number of aromatic nitrogens is 2. The lowest BCUT2D eigenvalue weighted by Crippen LogP contribution is -2.57. The minimum atomic E-state index is -4.72. The molecule has 1 saturated carbocycles. The normalized spacial score (nSPS) is 22.3. The summed E-state index contributed by atoms with van der Waals surface area (Å²) in [5, 5.41) is 3.11. The largest absolute Gasteiger partial charge is 0.490 e. The fourth-order valence-corrected chi connectivity index (χ4v) is 6.68. The Hall–Kier alpha value is -3.93. The van der Waals surface area contributed by atoms with Crippen molar-refractivity contribution in [2.45, 2.75) is 50.9 Å². The third-order valence-corrected chi connectivity index (χ3v) is 8.79. The van der Waals surface area contributed by atoms with Gasteiger partial charge < -0.3 is 24.6 Å². The third-order valence-electron chi connectivity index (χ3n) is 8.79. The number of anilines is 1. The number of carbonyl (C=O) groups excluding carboxylic acids is 1. The van der Waals surface area contributed by atoms with E-state index in [1.165, 1.54) is 0 Å². The van der Waals surface area contributed by atoms with Crippen molar-refractivity contribution in [1.29, 1.82) is 0 Å². The van der Waals surface area contributed by atoms with Crippen molar-refractivity contribution < 1.29 is 31.8 Å². The zero-order valence-corrected chi connectivity index (χ0v) is 24.7. The molecule has 1 N–H and O–H groups in total. The van der Waals surface area contributed by atoms with Gasteiger partial charge in [-0.1, -0.05) is 0 Å². The molecule has 2 aliphatic heterocycles. The molecule has 1 aromatic carbocycles. The predicted molar refractivity (Wildman–Crippen MR) is 156 cm³/mol. The summed E-state index contributed by atoms with van der Waals surface area (Å²) in [5.74, 6) is -1.13. The molecule has 2 unspecified atom stereocenters. The van der Waals surface area contributed by atoms with Crippen molar-refractivity contribution in [3.8, 4) is 22.9 Å². The van der Waals surface area contributed by atoms with Crippen LogP contribution in [-0.4, -0.2) is 72.8 Å². The number of pyridine rings is 2. The summed E-state index contributed by atoms with van der Waals surface area (Å²) in [5.41, 5.74) is 0.993. The van der Waals surface area contributed by atoms with Crippen molar-refractivity contribution in [3.05, 3.63) is 65.7 Å². The second-order valence-corrected chi connectivity index (χ2v) is 12.0. The number of ether oxygens (including phenoxy) is 2. The van der Waals surface area contributed by atoms with Crippen molar-refractivity contribution in [1.82, 2.24) is 20.2 Å². The summed E-state index contributed by atoms with van der Waals surface area (Å²) in [7, 11) is 1.99. The molecule has 234 valence electrons. The van der Waals surface area contributed by atoms with Crippen LogP contribution in [0.4, 0.5) is 23.2 Å². The van der Waals surface area contributed by atoms with Crippen LogP contribution < -0.4 is 19.7 Å². The van der Waals surface area contributed by atoms with E-state index in [1.807, 2.05) is 32.2 Å². The lowest BCUT2D eigenvalue weighted by Gasteiger charge is -2.36. The SMILES string of the molecule is CCOc1ncccc1-c1ccc(N2CCC3(CCC(Oc4ccc(F)cc4C(F)(F)F)C3)C2)c(C(=O)NC2CN(C)C2)n1. The summed E-state index contributed by atoms with van der Waals surface area (Å²) in [6, 6.07) is 9.98. The van der Waals surface area contributed by atoms with E-state index in [4.69, 9.17) is 14.5 Å². The molecule has 6 rings (SSSR count). The average Bonchev–Trinajstić information content (AvgIpc) is 3.58. The Morgan fingerprint density at radius 1 is 1.16 bits per heavy atom. The quantitative estimate of drug-likeness (QED) is 0.333. The number of likely N-dealkylation sites (tertiary alicyclic amines) is 1. The number of hydrogen-bond donors (Lipinski definition) is 1. The zero-order valence-electron chi connectivity index (χ0n) is 24.7. The van der Waals surface area contributed by atoms with Crippen LogP contribution in [0.15, 0.2) is 48.7 Å². The Bertz CT molecular complexity index is 1530. The second-order valence-electron chi connectivity index (χ2n) is 12.0. The molecule has 1 amide bonds. The number of rotatable bonds is 8. The van der Waals surface area contributed by atoms with Crippen LogP contribution in [0.3, 0.4) is 0 Å². The molecule has 12 heteroatoms. The van der Waals surface area contributed by atoms with Gasteiger partial charge in [-0.3, -0.25) is 4.79 Å². The molecule has 4 heterocycles. The fraction of sp³-hybridized carbons (Fsp3) is 0.469. The Morgan fingerprint density at radius 3 is 2.73 bits per heavy atom. The Kier molecular flexibility index (Phi) is 8.12. The number of carbonyl (C=O) groups is 1. The highest BCUT2D eigenvalue weighted by molar-refractivity contribution is 5.99. The fourth-order valence-electron chi connectivity index (χ4n) is 6.68. The van der Waals surface area contributed by atoms with Gasteiger partial charge in [0, 0.05) is 32.4 Å². The van der Waals surface area contributed by atoms with Crippen molar-refractivity contribution in [2.75, 3.05) is 44.7 Å². The smallest absolute Gasteiger partial charge is 0.420 e. The zero-order chi connectivity index (χ0) is 31.1. The van der Waals surface area contributed by atoms with Gasteiger partial charge in [0.1, 0.15) is 17.1 Å². The second kappa shape index (κ2) is 11.9. The summed E-state index contributed by atoms with van der Waals surface area (Å²) >= 11 is 0. The van der Waals surface area contributed by atoms with Crippen LogP contribution in [0, 0.1) is 11.2 Å². The van der Waals surface area contributed by atoms with Crippen LogP contribution in [0.1, 0.15) is 48.7 Å². The van der Waals surface area contributed by atoms with Crippen LogP contribution in [0.25, 0.3) is 11.3 Å². The molecule has 2 aromatic heterocycles. The standard InChI is InChI=1S/C32H35F4N5O3/c1-3-43-30-23(5-4-13-37-30)25-7-8-26(28(39-25)29(42)38-21-17-40(2)18-21)41-14-12-31(19-41)11-10-22(16-31)44-27-9-6-20(33)15-24(27)32(34,35)36/h4-9,13,15,21-22H,3,10-12,14,16-19H2,1-2H3,(H,38,42). The van der Waals surface area contributed by atoms with Crippen LogP contribution in [-0.2, 0) is 6.18 Å². The van der Waals surface area contributed by atoms with Gasteiger partial charge in [0.05, 0.1) is 35.7 Å². The maximum Gasteiger partial charge on any atom is 0.420 e. The van der Waals surface area contributed by atoms with Gasteiger partial charge >= 0.3 is 6.18 Å². The first-order valence-corrected chi connectivity index (χ1v) is 14.9. The highest BCUT2D eigenvalue weighted by Gasteiger charge is 2.46. The van der Waals surface area contributed by atoms with E-state index >= 15 is 0 Å². The number of alkyl halides is 3. The molecule has 3 fully saturated rings. The first-order valence-electron chi connectivity index (χ1n) is 14.9. The van der Waals surface area contributed by atoms with E-state index in [0.29, 0.717) is 67.1 Å². The Labute approximate surface area is 253 Å². The number of nitrogens with zero attached hydrogens (tertiary/aromatic N) is 4. The van der Waals surface area contributed by atoms with Gasteiger partial charge in [-0.25, -0.2) is 14.4 Å². The number of nitrogens with one attached hydrogen (secondary N) is 1. The van der Waals surface area contributed by atoms with Gasteiger partial charge in [-0.15, -0.1) is 0 Å². The van der Waals surface area contributed by atoms with Crippen molar-refractivity contribution in [2.24, 2.45) is 5.41 Å². The van der Waals surface area contributed by atoms with E-state index < -0.39 is 23.7 Å². The summed E-state index contributed by atoms with van der Waals surface area (Å²) in [6.45, 7) is 5.12. The lowest BCUT2D eigenvalue weighted by molar-refractivity contribution is -0.139. The minimum Gasteiger partial charge on any atom is -0.490 e. The van der Waals surface area contributed by atoms with Crippen LogP contribution in [0.5, 0.6) is 11.6 Å². The highest BCUT2D eigenvalue weighted by atomic mass is 19.4. The van der Waals surface area contributed by atoms with E-state index in [1.54, 1.807) is 12.3 Å². The molecule has 1 spiro atoms. The van der Waals surface area contributed by atoms with Gasteiger partial charge in [-0.2, -0.15) is 13.2 Å². The van der Waals surface area contributed by atoms with Crippen LogP contribution in [0.2, 0.25) is 0 Å². The molecule has 3 aliphatic rings. The molecule has 0 bridgehead atoms. The van der Waals surface area contributed by atoms with Gasteiger partial charge in [0.2, 0.25) is 5.88 Å². The first kappa shape index (κ1) is 30.1. The Morgan fingerprint density at radius 2 is 1.98 bits per heavy atom. The van der Waals surface area contributed by atoms with Gasteiger partial charge in [0.15, 0.2) is 5.69 Å². The molecular weight excluding hydrogens is 578 g/mol. The topological polar surface area (TPSA) is 79.8 Å². The molecule has 8 nitrogen and oxygen atoms in total. The Balaban J connectivity index is 1.23. The van der Waals surface area contributed by atoms with Gasteiger partial charge in [-0.05, 0) is 87.5 Å². The van der Waals surface area contributed by atoms with Crippen LogP contribution >= 0.6 is 0 Å². The number of amides is 1. The lowest BCUT2D eigenvalue weighted by atomic mass is 9.85. The first-order chi connectivity index (χ1) is 21.0. The van der Waals surface area contributed by atoms with Crippen molar-refractivity contribution in [3.63, 3.8) is 0 Å². The number of benzene rings is 1. The van der Waals surface area contributed by atoms with E-state index in [9.17, 15) is 22.4 Å².